The van der Waals surface area contributed by atoms with E-state index < -0.39 is 12.4 Å². The van der Waals surface area contributed by atoms with E-state index in [-0.39, 0.29) is 0 Å². The molecule has 0 saturated carbocycles. The van der Waals surface area contributed by atoms with Gasteiger partial charge in [0.25, 0.3) is 0 Å². The maximum absolute atomic E-state index is 4.63. The molecule has 2 N–H and O–H groups in total. The second-order valence-corrected chi connectivity index (χ2v) is 15.2. The molecule has 5 heteroatoms. The van der Waals surface area contributed by atoms with Crippen LogP contribution in [0.5, 0.6) is 0 Å². The molecule has 49 heavy (non-hydrogen) atoms. The number of nitrogens with zero attached hydrogens (tertiary/aromatic N) is 2. The Kier molecular flexibility index (Phi) is 8.42. The molecule has 2 aliphatic heterocycles. The Balaban J connectivity index is 0.000000142. The third kappa shape index (κ3) is 6.45. The van der Waals surface area contributed by atoms with Gasteiger partial charge in [-0.25, -0.2) is 9.97 Å². The predicted octanol–water partition coefficient (Wildman–Crippen LogP) is 8.10. The molecule has 0 spiro atoms. The molecule has 0 fully saturated rings. The van der Waals surface area contributed by atoms with E-state index in [0.717, 1.165) is 44.8 Å². The zero-order valence-electron chi connectivity index (χ0n) is 26.7. The van der Waals surface area contributed by atoms with Gasteiger partial charge in [0.2, 0.25) is 0 Å². The van der Waals surface area contributed by atoms with E-state index in [1.165, 1.54) is 18.1 Å². The van der Waals surface area contributed by atoms with E-state index in [4.69, 9.17) is 0 Å². The maximum atomic E-state index is 4.63. The predicted molar refractivity (Wildman–Crippen MR) is 203 cm³/mol. The Bertz CT molecular complexity index is 2090. The first kappa shape index (κ1) is 30.3. The Morgan fingerprint density at radius 3 is 0.796 bits per heavy atom. The Morgan fingerprint density at radius 2 is 0.551 bits per heavy atom. The molecule has 3 aromatic heterocycles. The van der Waals surface area contributed by atoms with E-state index in [1.807, 2.05) is 48.6 Å². The molecule has 0 saturated heterocycles. The SMILES string of the molecule is C1=Cc2cc3ccc(cc4nc(cc5ccc(cc1n2)[nH]5)C=C4)[nH]3.c1cc[c]([Ni]([c]2ccccc2)([c]2ccccc2)[c]2ccccc2)cc1. The molecular formula is C44H34N4Ni. The normalized spacial score (nSPS) is 12.2. The summed E-state index contributed by atoms with van der Waals surface area (Å²) in [6.45, 7) is 0. The molecular weight excluding hydrogens is 643 g/mol. The number of hydrogen-bond donors (Lipinski definition) is 2. The van der Waals surface area contributed by atoms with Gasteiger partial charge in [-0.15, -0.1) is 0 Å². The van der Waals surface area contributed by atoms with Crippen LogP contribution < -0.4 is 18.1 Å². The molecule has 240 valence electrons. The van der Waals surface area contributed by atoms with Crippen LogP contribution in [-0.4, -0.2) is 19.9 Å². The monoisotopic (exact) mass is 676 g/mol. The van der Waals surface area contributed by atoms with Crippen molar-refractivity contribution in [2.45, 2.75) is 0 Å². The molecule has 8 bridgehead atoms. The van der Waals surface area contributed by atoms with Crippen molar-refractivity contribution in [2.24, 2.45) is 0 Å². The third-order valence-electron chi connectivity index (χ3n) is 7.99. The van der Waals surface area contributed by atoms with Crippen LogP contribution in [-0.2, 0) is 12.4 Å². The first-order valence-electron chi connectivity index (χ1n) is 16.1. The van der Waals surface area contributed by atoms with E-state index in [0.29, 0.717) is 0 Å². The Hall–Kier alpha value is -6.03. The molecule has 0 radical (unpaired) electrons. The van der Waals surface area contributed by atoms with Crippen molar-refractivity contribution in [1.82, 2.24) is 19.9 Å². The van der Waals surface area contributed by atoms with Gasteiger partial charge in [0.05, 0.1) is 22.8 Å². The summed E-state index contributed by atoms with van der Waals surface area (Å²) >= 11 is -1.66. The third-order valence-corrected chi connectivity index (χ3v) is 12.7. The van der Waals surface area contributed by atoms with E-state index in [9.17, 15) is 0 Å². The molecule has 0 amide bonds. The van der Waals surface area contributed by atoms with Crippen molar-refractivity contribution in [3.63, 3.8) is 0 Å². The molecule has 9 rings (SSSR count). The number of fused-ring (bicyclic) bond motifs is 8. The summed E-state index contributed by atoms with van der Waals surface area (Å²) in [5, 5.41) is 0. The van der Waals surface area contributed by atoms with Crippen molar-refractivity contribution < 1.29 is 12.4 Å². The van der Waals surface area contributed by atoms with Gasteiger partial charge in [0.15, 0.2) is 0 Å². The van der Waals surface area contributed by atoms with Crippen LogP contribution >= 0.6 is 0 Å². The average molecular weight is 677 g/mol. The minimum absolute atomic E-state index is 0.939. The summed E-state index contributed by atoms with van der Waals surface area (Å²) < 4.78 is 5.48. The fraction of sp³-hybridized carbons (Fsp3) is 0. The molecule has 0 atom stereocenters. The number of H-pyrrole nitrogens is 2. The van der Waals surface area contributed by atoms with Crippen LogP contribution in [0.25, 0.3) is 46.4 Å². The van der Waals surface area contributed by atoms with Crippen molar-refractivity contribution in [3.05, 3.63) is 193 Å². The summed E-state index contributed by atoms with van der Waals surface area (Å²) in [6.07, 6.45) is 8.09. The second kappa shape index (κ2) is 13.6. The number of nitrogens with one attached hydrogen (secondary N) is 2. The first-order valence-corrected chi connectivity index (χ1v) is 18.1. The van der Waals surface area contributed by atoms with Gasteiger partial charge in [-0.1, -0.05) is 0 Å². The molecule has 0 aliphatic carbocycles. The van der Waals surface area contributed by atoms with Gasteiger partial charge in [0, 0.05) is 22.1 Å². The van der Waals surface area contributed by atoms with Gasteiger partial charge in [-0.05, 0) is 72.8 Å². The van der Waals surface area contributed by atoms with E-state index in [1.54, 1.807) is 0 Å². The summed E-state index contributed by atoms with van der Waals surface area (Å²) in [5.41, 5.74) is 7.86. The number of aromatic nitrogens is 4. The quantitative estimate of drug-likeness (QED) is 0.185. The van der Waals surface area contributed by atoms with Crippen molar-refractivity contribution in [1.29, 1.82) is 0 Å². The molecule has 7 aromatic rings. The van der Waals surface area contributed by atoms with Crippen molar-refractivity contribution in [3.8, 4) is 0 Å². The van der Waals surface area contributed by atoms with Crippen LogP contribution in [0.15, 0.2) is 170 Å². The Labute approximate surface area is 288 Å². The van der Waals surface area contributed by atoms with Gasteiger partial charge in [0.1, 0.15) is 0 Å². The van der Waals surface area contributed by atoms with E-state index >= 15 is 0 Å². The zero-order chi connectivity index (χ0) is 32.9. The molecule has 4 nitrogen and oxygen atoms in total. The fourth-order valence-electron chi connectivity index (χ4n) is 5.82. The number of benzene rings is 4. The molecule has 0 unspecified atom stereocenters. The van der Waals surface area contributed by atoms with Gasteiger partial charge in [-0.3, -0.25) is 0 Å². The van der Waals surface area contributed by atoms with Crippen molar-refractivity contribution >= 4 is 64.5 Å². The standard InChI is InChI=1S/C20H14N4.4C6H5.Ni/c1-2-14-10-16-5-6-18(23-16)12-20-8-7-19(24-20)11-17-4-3-15(22-17)9-13(1)21-14;4*1-2-4-6-5-3-1;/h1-12,21,24H;4*1-5H;. The molecule has 2 aliphatic rings. The van der Waals surface area contributed by atoms with Crippen LogP contribution in [0, 0.1) is 0 Å². The van der Waals surface area contributed by atoms with Crippen LogP contribution in [0.2, 0.25) is 0 Å². The van der Waals surface area contributed by atoms with Gasteiger partial charge >= 0.3 is 152 Å². The second-order valence-electron chi connectivity index (χ2n) is 11.4. The van der Waals surface area contributed by atoms with Gasteiger partial charge < -0.3 is 9.97 Å². The van der Waals surface area contributed by atoms with E-state index in [2.05, 4.69) is 166 Å². The number of aromatic amines is 2. The molecule has 4 aromatic carbocycles. The first-order chi connectivity index (χ1) is 24.2. The average Bonchev–Trinajstić information content (AvgIpc) is 3.98. The number of rotatable bonds is 4. The topological polar surface area (TPSA) is 57.4 Å². The minimum atomic E-state index is -1.66. The summed E-state index contributed by atoms with van der Waals surface area (Å²) in [7, 11) is 0. The van der Waals surface area contributed by atoms with Crippen LogP contribution in [0.3, 0.4) is 0 Å². The van der Waals surface area contributed by atoms with Gasteiger partial charge in [-0.2, -0.15) is 0 Å². The fourth-order valence-corrected chi connectivity index (χ4v) is 10.5. The van der Waals surface area contributed by atoms with Crippen LogP contribution in [0.1, 0.15) is 22.8 Å². The van der Waals surface area contributed by atoms with Crippen LogP contribution in [0.4, 0.5) is 0 Å². The molecule has 5 heterocycles. The summed E-state index contributed by atoms with van der Waals surface area (Å²) in [4.78, 5) is 16.0. The van der Waals surface area contributed by atoms with Crippen molar-refractivity contribution in [2.75, 3.05) is 0 Å². The summed E-state index contributed by atoms with van der Waals surface area (Å²) in [6, 6.07) is 60.1. The summed E-state index contributed by atoms with van der Waals surface area (Å²) in [5.74, 6) is 0. The zero-order valence-corrected chi connectivity index (χ0v) is 27.7. The number of hydrogen-bond acceptors (Lipinski definition) is 2. The Morgan fingerprint density at radius 1 is 0.306 bits per heavy atom.